The Hall–Kier alpha value is -1.35. The molecule has 0 saturated carbocycles. The third-order valence-electron chi connectivity index (χ3n) is 3.27. The molecule has 1 aromatic heterocycles. The highest BCUT2D eigenvalue weighted by Gasteiger charge is 2.10. The number of hydrogen-bond donors (Lipinski definition) is 0. The van der Waals surface area contributed by atoms with Crippen LogP contribution in [0.3, 0.4) is 0 Å². The molecule has 3 heteroatoms. The van der Waals surface area contributed by atoms with Gasteiger partial charge in [0.2, 0.25) is 0 Å². The summed E-state index contributed by atoms with van der Waals surface area (Å²) < 4.78 is 0. The van der Waals surface area contributed by atoms with E-state index in [2.05, 4.69) is 39.7 Å². The zero-order valence-corrected chi connectivity index (χ0v) is 10.5. The van der Waals surface area contributed by atoms with Crippen LogP contribution in [0.15, 0.2) is 29.6 Å². The van der Waals surface area contributed by atoms with Crippen LogP contribution in [0.2, 0.25) is 0 Å². The highest BCUT2D eigenvalue weighted by atomic mass is 32.1. The first kappa shape index (κ1) is 10.8. The molecule has 2 heterocycles. The van der Waals surface area contributed by atoms with Gasteiger partial charge in [-0.1, -0.05) is 12.1 Å². The number of nitrogens with zero attached hydrogens (tertiary/aromatic N) is 2. The van der Waals surface area contributed by atoms with E-state index in [9.17, 15) is 0 Å². The van der Waals surface area contributed by atoms with E-state index < -0.39 is 0 Å². The smallest absolute Gasteiger partial charge is 0.152 e. The topological polar surface area (TPSA) is 16.1 Å². The van der Waals surface area contributed by atoms with Crippen LogP contribution in [-0.2, 0) is 0 Å². The van der Waals surface area contributed by atoms with Crippen molar-refractivity contribution in [2.24, 2.45) is 0 Å². The van der Waals surface area contributed by atoms with Crippen molar-refractivity contribution in [1.82, 2.24) is 4.98 Å². The van der Waals surface area contributed by atoms with Gasteiger partial charge in [-0.15, -0.1) is 11.3 Å². The molecule has 2 nitrogen and oxygen atoms in total. The fraction of sp³-hybridized carbons (Fsp3) is 0.357. The molecule has 0 N–H and O–H groups in total. The molecule has 1 radical (unpaired) electrons. The predicted octanol–water partition coefficient (Wildman–Crippen LogP) is 3.60. The summed E-state index contributed by atoms with van der Waals surface area (Å²) in [6.07, 6.45) is 4.02. The van der Waals surface area contributed by atoms with Gasteiger partial charge in [0, 0.05) is 29.7 Å². The zero-order valence-electron chi connectivity index (χ0n) is 9.72. The minimum Gasteiger partial charge on any atom is -0.372 e. The number of piperidine rings is 1. The number of rotatable bonds is 2. The fourth-order valence-corrected chi connectivity index (χ4v) is 2.82. The minimum atomic E-state index is 1.03. The predicted molar refractivity (Wildman–Crippen MR) is 72.5 cm³/mol. The molecule has 0 amide bonds. The van der Waals surface area contributed by atoms with Gasteiger partial charge < -0.3 is 4.90 Å². The van der Waals surface area contributed by atoms with E-state index >= 15 is 0 Å². The van der Waals surface area contributed by atoms with Crippen molar-refractivity contribution in [3.8, 4) is 11.3 Å². The Balaban J connectivity index is 1.80. The second-order valence-electron chi connectivity index (χ2n) is 4.42. The number of benzene rings is 1. The molecule has 0 spiro atoms. The first-order chi connectivity index (χ1) is 8.43. The maximum Gasteiger partial charge on any atom is 0.152 e. The first-order valence-electron chi connectivity index (χ1n) is 6.10. The average Bonchev–Trinajstić information content (AvgIpc) is 2.94. The quantitative estimate of drug-likeness (QED) is 0.801. The van der Waals surface area contributed by atoms with Gasteiger partial charge in [-0.3, -0.25) is 0 Å². The molecule has 1 aliphatic rings. The van der Waals surface area contributed by atoms with Crippen LogP contribution < -0.4 is 4.90 Å². The van der Waals surface area contributed by atoms with Gasteiger partial charge in [0.15, 0.2) is 5.51 Å². The summed E-state index contributed by atoms with van der Waals surface area (Å²) >= 11 is 1.52. The molecule has 1 saturated heterocycles. The lowest BCUT2D eigenvalue weighted by Crippen LogP contribution is -2.29. The Morgan fingerprint density at radius 1 is 1.06 bits per heavy atom. The maximum atomic E-state index is 4.21. The molecule has 0 unspecified atom stereocenters. The monoisotopic (exact) mass is 243 g/mol. The van der Waals surface area contributed by atoms with Gasteiger partial charge in [-0.05, 0) is 31.4 Å². The van der Waals surface area contributed by atoms with Gasteiger partial charge >= 0.3 is 0 Å². The van der Waals surface area contributed by atoms with Gasteiger partial charge in [0.05, 0.1) is 5.69 Å². The average molecular weight is 243 g/mol. The van der Waals surface area contributed by atoms with Crippen molar-refractivity contribution in [3.05, 3.63) is 35.2 Å². The molecule has 17 heavy (non-hydrogen) atoms. The summed E-state index contributed by atoms with van der Waals surface area (Å²) in [6, 6.07) is 8.74. The highest BCUT2D eigenvalue weighted by Crippen LogP contribution is 2.24. The normalized spacial score (nSPS) is 16.1. The summed E-state index contributed by atoms with van der Waals surface area (Å²) in [7, 11) is 0. The minimum absolute atomic E-state index is 1.03. The lowest BCUT2D eigenvalue weighted by atomic mass is 10.1. The molecule has 1 fully saturated rings. The molecule has 2 aromatic rings. The second kappa shape index (κ2) is 4.88. The van der Waals surface area contributed by atoms with Gasteiger partial charge in [0.1, 0.15) is 0 Å². The Bertz CT molecular complexity index is 455. The van der Waals surface area contributed by atoms with Gasteiger partial charge in [-0.2, -0.15) is 0 Å². The molecule has 1 aromatic carbocycles. The molecular weight excluding hydrogens is 228 g/mol. The van der Waals surface area contributed by atoms with Gasteiger partial charge in [-0.25, -0.2) is 4.98 Å². The highest BCUT2D eigenvalue weighted by molar-refractivity contribution is 7.07. The van der Waals surface area contributed by atoms with Crippen LogP contribution in [0.5, 0.6) is 0 Å². The third kappa shape index (κ3) is 2.34. The maximum absolute atomic E-state index is 4.21. The summed E-state index contributed by atoms with van der Waals surface area (Å²) in [4.78, 5) is 6.68. The van der Waals surface area contributed by atoms with Crippen LogP contribution in [0.25, 0.3) is 11.3 Å². The van der Waals surface area contributed by atoms with Crippen molar-refractivity contribution in [3.63, 3.8) is 0 Å². The molecular formula is C14H15N2S. The molecule has 0 aliphatic carbocycles. The summed E-state index contributed by atoms with van der Waals surface area (Å²) in [5, 5.41) is 2.04. The second-order valence-corrected chi connectivity index (χ2v) is 5.07. The fourth-order valence-electron chi connectivity index (χ4n) is 2.31. The van der Waals surface area contributed by atoms with E-state index in [1.165, 1.54) is 54.9 Å². The van der Waals surface area contributed by atoms with E-state index in [1.54, 1.807) is 0 Å². The van der Waals surface area contributed by atoms with Crippen LogP contribution in [-0.4, -0.2) is 18.1 Å². The van der Waals surface area contributed by atoms with Crippen molar-refractivity contribution < 1.29 is 0 Å². The van der Waals surface area contributed by atoms with Crippen molar-refractivity contribution in [2.75, 3.05) is 18.0 Å². The molecule has 1 aliphatic heterocycles. The lowest BCUT2D eigenvalue weighted by molar-refractivity contribution is 0.578. The molecule has 87 valence electrons. The molecule has 0 bridgehead atoms. The zero-order chi connectivity index (χ0) is 11.5. The summed E-state index contributed by atoms with van der Waals surface area (Å²) in [5.74, 6) is 0. The third-order valence-corrected chi connectivity index (χ3v) is 3.81. The van der Waals surface area contributed by atoms with E-state index in [1.807, 2.05) is 5.38 Å². The molecule has 0 atom stereocenters. The number of anilines is 1. The van der Waals surface area contributed by atoms with E-state index in [4.69, 9.17) is 0 Å². The van der Waals surface area contributed by atoms with Crippen LogP contribution in [0.4, 0.5) is 5.69 Å². The van der Waals surface area contributed by atoms with Crippen molar-refractivity contribution in [2.45, 2.75) is 19.3 Å². The van der Waals surface area contributed by atoms with Crippen molar-refractivity contribution in [1.29, 1.82) is 0 Å². The standard InChI is InChI=1S/C14H15N2S/c1-2-8-16(9-3-1)13-6-4-12(5-7-13)14-10-17-11-15-14/h4-7,10H,1-3,8-9H2. The van der Waals surface area contributed by atoms with Crippen LogP contribution in [0, 0.1) is 5.51 Å². The number of hydrogen-bond acceptors (Lipinski definition) is 3. The Morgan fingerprint density at radius 3 is 2.47 bits per heavy atom. The molecule has 3 rings (SSSR count). The van der Waals surface area contributed by atoms with E-state index in [-0.39, 0.29) is 0 Å². The van der Waals surface area contributed by atoms with E-state index in [0.29, 0.717) is 0 Å². The van der Waals surface area contributed by atoms with Gasteiger partial charge in [0.25, 0.3) is 0 Å². The lowest BCUT2D eigenvalue weighted by Gasteiger charge is -2.28. The SMILES string of the molecule is [c]1nc(-c2ccc(N3CCCCC3)cc2)cs1. The Kier molecular flexibility index (Phi) is 3.10. The summed E-state index contributed by atoms with van der Waals surface area (Å²) in [5.41, 5.74) is 6.44. The largest absolute Gasteiger partial charge is 0.372 e. The van der Waals surface area contributed by atoms with E-state index in [0.717, 1.165) is 5.69 Å². The number of aromatic nitrogens is 1. The van der Waals surface area contributed by atoms with Crippen LogP contribution >= 0.6 is 11.3 Å². The Labute approximate surface area is 106 Å². The number of thiazole rings is 1. The first-order valence-corrected chi connectivity index (χ1v) is 6.98. The van der Waals surface area contributed by atoms with Crippen molar-refractivity contribution >= 4 is 17.0 Å². The van der Waals surface area contributed by atoms with Crippen LogP contribution in [0.1, 0.15) is 19.3 Å². The summed E-state index contributed by atoms with van der Waals surface area (Å²) in [6.45, 7) is 2.40. The Morgan fingerprint density at radius 2 is 1.82 bits per heavy atom.